The first kappa shape index (κ1) is 21.1. The number of carbonyl (C=O) groups excluding carboxylic acids is 2. The minimum atomic E-state index is -0.569. The number of Topliss-reactive ketones (excluding diaryl/α,β-unsaturated/α-hetero) is 1. The lowest BCUT2D eigenvalue weighted by Gasteiger charge is -2.34. The number of rotatable bonds is 4. The number of carbonyl (C=O) groups is 2. The third kappa shape index (κ3) is 7.39. The van der Waals surface area contributed by atoms with Gasteiger partial charge in [-0.3, -0.25) is 9.59 Å². The first-order valence-electron chi connectivity index (χ1n) is 8.53. The zero-order valence-corrected chi connectivity index (χ0v) is 15.5. The van der Waals surface area contributed by atoms with Crippen molar-refractivity contribution in [2.75, 3.05) is 0 Å². The molecule has 0 bridgehead atoms. The summed E-state index contributed by atoms with van der Waals surface area (Å²) in [7, 11) is 0. The first-order valence-corrected chi connectivity index (χ1v) is 8.53. The van der Waals surface area contributed by atoms with Crippen LogP contribution in [0.5, 0.6) is 0 Å². The van der Waals surface area contributed by atoms with Crippen LogP contribution in [0.15, 0.2) is 0 Å². The normalized spacial score (nSPS) is 26.5. The molecule has 1 fully saturated rings. The Morgan fingerprint density at radius 3 is 2.05 bits per heavy atom. The minimum absolute atomic E-state index is 0.00238. The van der Waals surface area contributed by atoms with Crippen LogP contribution in [-0.2, 0) is 9.59 Å². The number of hydrogen-bond donors (Lipinski definition) is 2. The van der Waals surface area contributed by atoms with Gasteiger partial charge in [0.1, 0.15) is 0 Å². The van der Waals surface area contributed by atoms with Gasteiger partial charge in [-0.05, 0) is 50.9 Å². The van der Waals surface area contributed by atoms with Gasteiger partial charge in [0.15, 0.2) is 5.78 Å². The second-order valence-electron chi connectivity index (χ2n) is 7.62. The Balaban J connectivity index is 0.00000211. The molecule has 1 unspecified atom stereocenters. The molecule has 0 heterocycles. The van der Waals surface area contributed by atoms with Crippen LogP contribution in [0.3, 0.4) is 0 Å². The molecule has 0 aromatic heterocycles. The molecule has 1 atom stereocenters. The Bertz CT molecular complexity index is 359. The lowest BCUT2D eigenvalue weighted by Crippen LogP contribution is -2.48. The van der Waals surface area contributed by atoms with Gasteiger partial charge in [-0.25, -0.2) is 0 Å². The summed E-state index contributed by atoms with van der Waals surface area (Å²) in [4.78, 5) is 23.8. The van der Waals surface area contributed by atoms with Crippen LogP contribution in [-0.4, -0.2) is 28.4 Å². The van der Waals surface area contributed by atoms with Crippen molar-refractivity contribution in [2.45, 2.75) is 92.2 Å². The number of ketones is 1. The fourth-order valence-corrected chi connectivity index (χ4v) is 2.91. The highest BCUT2D eigenvalue weighted by Crippen LogP contribution is 2.33. The molecular weight excluding hydrogens is 278 g/mol. The van der Waals surface area contributed by atoms with Crippen LogP contribution in [0.1, 0.15) is 80.6 Å². The second-order valence-corrected chi connectivity index (χ2v) is 7.62. The van der Waals surface area contributed by atoms with Crippen molar-refractivity contribution in [1.29, 1.82) is 0 Å². The average molecular weight is 313 g/mol. The van der Waals surface area contributed by atoms with Gasteiger partial charge in [0, 0.05) is 6.42 Å². The Labute approximate surface area is 136 Å². The molecule has 0 spiro atoms. The molecule has 22 heavy (non-hydrogen) atoms. The maximum Gasteiger partial charge on any atom is 0.220 e. The highest BCUT2D eigenvalue weighted by Gasteiger charge is 2.32. The van der Waals surface area contributed by atoms with Crippen molar-refractivity contribution in [3.8, 4) is 0 Å². The van der Waals surface area contributed by atoms with Crippen molar-refractivity contribution in [3.05, 3.63) is 0 Å². The van der Waals surface area contributed by atoms with Crippen molar-refractivity contribution in [3.63, 3.8) is 0 Å². The van der Waals surface area contributed by atoms with E-state index in [2.05, 4.69) is 5.32 Å². The quantitative estimate of drug-likeness (QED) is 0.835. The van der Waals surface area contributed by atoms with E-state index >= 15 is 0 Å². The van der Waals surface area contributed by atoms with Crippen LogP contribution in [0.25, 0.3) is 0 Å². The van der Waals surface area contributed by atoms with E-state index in [1.165, 1.54) is 6.92 Å². The Morgan fingerprint density at radius 1 is 1.23 bits per heavy atom. The van der Waals surface area contributed by atoms with E-state index in [1.54, 1.807) is 0 Å². The number of nitrogens with one attached hydrogen (secondary N) is 1. The van der Waals surface area contributed by atoms with E-state index < -0.39 is 11.6 Å². The molecule has 1 amide bonds. The predicted octanol–water partition coefficient (Wildman–Crippen LogP) is 3.46. The second kappa shape index (κ2) is 8.66. The number of amides is 1. The molecule has 0 aliphatic heterocycles. The maximum atomic E-state index is 12.1. The molecular formula is C18H35NO3. The summed E-state index contributed by atoms with van der Waals surface area (Å²) in [6, 6.07) is -0.429. The molecule has 0 aromatic carbocycles. The zero-order chi connectivity index (χ0) is 17.6. The van der Waals surface area contributed by atoms with Crippen LogP contribution >= 0.6 is 0 Å². The molecule has 2 N–H and O–H groups in total. The smallest absolute Gasteiger partial charge is 0.220 e. The van der Waals surface area contributed by atoms with Crippen LogP contribution in [0.2, 0.25) is 0 Å². The molecule has 0 aromatic rings. The predicted molar refractivity (Wildman–Crippen MR) is 90.6 cm³/mol. The summed E-state index contributed by atoms with van der Waals surface area (Å²) >= 11 is 0. The molecule has 1 rings (SSSR count). The van der Waals surface area contributed by atoms with Gasteiger partial charge in [-0.1, -0.05) is 34.6 Å². The first-order chi connectivity index (χ1) is 10.0. The highest BCUT2D eigenvalue weighted by molar-refractivity contribution is 5.88. The van der Waals surface area contributed by atoms with Crippen molar-refractivity contribution < 1.29 is 14.7 Å². The summed E-state index contributed by atoms with van der Waals surface area (Å²) in [5.41, 5.74) is -0.835. The van der Waals surface area contributed by atoms with Gasteiger partial charge in [0.25, 0.3) is 0 Å². The van der Waals surface area contributed by atoms with Gasteiger partial charge >= 0.3 is 0 Å². The van der Waals surface area contributed by atoms with E-state index in [-0.39, 0.29) is 17.1 Å². The highest BCUT2D eigenvalue weighted by atomic mass is 16.3. The minimum Gasteiger partial charge on any atom is -0.390 e. The monoisotopic (exact) mass is 313 g/mol. The van der Waals surface area contributed by atoms with Gasteiger partial charge in [0.2, 0.25) is 5.91 Å². The van der Waals surface area contributed by atoms with E-state index in [1.807, 2.05) is 41.5 Å². The summed E-state index contributed by atoms with van der Waals surface area (Å²) in [5.74, 6) is 0.270. The lowest BCUT2D eigenvalue weighted by molar-refractivity contribution is -0.130. The topological polar surface area (TPSA) is 66.4 Å². The Morgan fingerprint density at radius 2 is 1.68 bits per heavy atom. The molecule has 1 aliphatic carbocycles. The fourth-order valence-electron chi connectivity index (χ4n) is 2.91. The molecule has 1 saturated carbocycles. The Hall–Kier alpha value is -0.900. The summed E-state index contributed by atoms with van der Waals surface area (Å²) < 4.78 is 0. The van der Waals surface area contributed by atoms with Crippen LogP contribution in [0.4, 0.5) is 0 Å². The van der Waals surface area contributed by atoms with Gasteiger partial charge in [-0.15, -0.1) is 0 Å². The lowest BCUT2D eigenvalue weighted by atomic mass is 9.78. The van der Waals surface area contributed by atoms with Crippen molar-refractivity contribution in [2.24, 2.45) is 11.3 Å². The van der Waals surface area contributed by atoms with E-state index in [9.17, 15) is 14.7 Å². The molecule has 0 radical (unpaired) electrons. The van der Waals surface area contributed by atoms with Crippen LogP contribution in [0, 0.1) is 11.3 Å². The summed E-state index contributed by atoms with van der Waals surface area (Å²) in [5, 5.41) is 12.8. The van der Waals surface area contributed by atoms with Gasteiger partial charge in [0.05, 0.1) is 11.6 Å². The van der Waals surface area contributed by atoms with E-state index in [4.69, 9.17) is 0 Å². The molecule has 1 aliphatic rings. The zero-order valence-electron chi connectivity index (χ0n) is 15.5. The number of aliphatic hydroxyl groups is 1. The maximum absolute atomic E-state index is 12.1. The average Bonchev–Trinajstić information content (AvgIpc) is 2.39. The third-order valence-corrected chi connectivity index (χ3v) is 4.23. The van der Waals surface area contributed by atoms with E-state index in [0.29, 0.717) is 12.3 Å². The van der Waals surface area contributed by atoms with Crippen LogP contribution < -0.4 is 5.32 Å². The summed E-state index contributed by atoms with van der Waals surface area (Å²) in [6.45, 7) is 13.2. The SMILES string of the molecule is CC.CC(=O)C(NC(=O)CC1CCC(C)(O)CC1)C(C)(C)C. The fraction of sp³-hybridized carbons (Fsp3) is 0.889. The standard InChI is InChI=1S/C16H29NO3.C2H6/c1-11(18)14(15(2,3)4)17-13(19)10-12-6-8-16(5,20)9-7-12;1-2/h12,14,20H,6-10H2,1-5H3,(H,17,19);1-2H3. The third-order valence-electron chi connectivity index (χ3n) is 4.23. The van der Waals surface area contributed by atoms with Crippen molar-refractivity contribution in [1.82, 2.24) is 5.32 Å². The largest absolute Gasteiger partial charge is 0.390 e. The van der Waals surface area contributed by atoms with Gasteiger partial charge < -0.3 is 10.4 Å². The summed E-state index contributed by atoms with van der Waals surface area (Å²) in [6.07, 6.45) is 3.71. The molecule has 4 nitrogen and oxygen atoms in total. The number of hydrogen-bond acceptors (Lipinski definition) is 3. The Kier molecular flexibility index (Phi) is 8.30. The molecule has 0 saturated heterocycles. The van der Waals surface area contributed by atoms with E-state index in [0.717, 1.165) is 25.7 Å². The van der Waals surface area contributed by atoms with Gasteiger partial charge in [-0.2, -0.15) is 0 Å². The molecule has 130 valence electrons. The molecule has 4 heteroatoms. The van der Waals surface area contributed by atoms with Crippen molar-refractivity contribution >= 4 is 11.7 Å².